The van der Waals surface area contributed by atoms with E-state index in [0.29, 0.717) is 0 Å². The number of halogens is 3. The van der Waals surface area contributed by atoms with Gasteiger partial charge in [0, 0.05) is 5.88 Å². The molecular weight excluding hydrogens is 423 g/mol. The average molecular weight is 472 g/mol. The van der Waals surface area contributed by atoms with E-state index in [4.69, 9.17) is 33.8 Å². The first-order valence-electron chi connectivity index (χ1n) is 12.6. The zero-order valence-electron chi connectivity index (χ0n) is 18.7. The van der Waals surface area contributed by atoms with E-state index in [1.165, 1.54) is 141 Å². The van der Waals surface area contributed by atoms with Crippen LogP contribution >= 0.6 is 33.8 Å². The van der Waals surface area contributed by atoms with Crippen molar-refractivity contribution in [3.8, 4) is 0 Å². The van der Waals surface area contributed by atoms with Gasteiger partial charge in [0.25, 0.3) is 0 Å². The molecule has 0 bridgehead atoms. The van der Waals surface area contributed by atoms with Gasteiger partial charge in [-0.05, 0) is 12.5 Å². The van der Waals surface area contributed by atoms with E-state index in [0.717, 1.165) is 11.9 Å². The van der Waals surface area contributed by atoms with Crippen LogP contribution in [-0.4, -0.2) is 13.3 Å². The lowest BCUT2D eigenvalue weighted by Gasteiger charge is -2.04. The normalized spacial score (nSPS) is 11.6. The molecule has 0 heterocycles. The van der Waals surface area contributed by atoms with Crippen molar-refractivity contribution in [3.63, 3.8) is 0 Å². The second-order valence-corrected chi connectivity index (χ2v) is 14.2. The zero-order valence-corrected chi connectivity index (χ0v) is 22.1. The van der Waals surface area contributed by atoms with Crippen LogP contribution in [0.4, 0.5) is 0 Å². The third-order valence-electron chi connectivity index (χ3n) is 5.81. The predicted octanol–water partition coefficient (Wildman–Crippen LogP) is 10.5. The summed E-state index contributed by atoms with van der Waals surface area (Å²) in [5.41, 5.74) is 0. The van der Waals surface area contributed by atoms with Crippen molar-refractivity contribution in [1.82, 2.24) is 0 Å². The van der Waals surface area contributed by atoms with Crippen LogP contribution < -0.4 is 0 Å². The SMILES string of the molecule is ClCCCCCCCCCCCCCCCCCCCCCCCC[SiH](Cl)Cl. The molecule has 0 aliphatic heterocycles. The molecule has 0 spiro atoms. The van der Waals surface area contributed by atoms with Gasteiger partial charge < -0.3 is 0 Å². The molecule has 4 heteroatoms. The topological polar surface area (TPSA) is 0 Å². The van der Waals surface area contributed by atoms with E-state index in [2.05, 4.69) is 0 Å². The molecule has 0 aromatic rings. The maximum Gasteiger partial charge on any atom is 0.237 e. The highest BCUT2D eigenvalue weighted by molar-refractivity contribution is 7.33. The van der Waals surface area contributed by atoms with Gasteiger partial charge in [0.1, 0.15) is 0 Å². The van der Waals surface area contributed by atoms with Gasteiger partial charge in [0.15, 0.2) is 0 Å². The van der Waals surface area contributed by atoms with Crippen LogP contribution in [0.1, 0.15) is 141 Å². The van der Waals surface area contributed by atoms with Crippen LogP contribution in [0.2, 0.25) is 6.04 Å². The Morgan fingerprint density at radius 2 is 0.536 bits per heavy atom. The highest BCUT2D eigenvalue weighted by atomic mass is 35.7. The summed E-state index contributed by atoms with van der Waals surface area (Å²) in [6.45, 7) is 0. The molecule has 170 valence electrons. The maximum absolute atomic E-state index is 5.88. The van der Waals surface area contributed by atoms with Crippen molar-refractivity contribution in [1.29, 1.82) is 0 Å². The van der Waals surface area contributed by atoms with E-state index in [9.17, 15) is 0 Å². The summed E-state index contributed by atoms with van der Waals surface area (Å²) < 4.78 is 0. The Bertz CT molecular complexity index is 275. The van der Waals surface area contributed by atoms with E-state index >= 15 is 0 Å². The highest BCUT2D eigenvalue weighted by Crippen LogP contribution is 2.16. The van der Waals surface area contributed by atoms with Crippen molar-refractivity contribution in [2.75, 3.05) is 5.88 Å². The van der Waals surface area contributed by atoms with Crippen LogP contribution in [0.3, 0.4) is 0 Å². The lowest BCUT2D eigenvalue weighted by atomic mass is 10.0. The Hall–Kier alpha value is 1.09. The van der Waals surface area contributed by atoms with Gasteiger partial charge in [-0.25, -0.2) is 0 Å². The van der Waals surface area contributed by atoms with Crippen molar-refractivity contribution in [2.45, 2.75) is 147 Å². The quantitative estimate of drug-likeness (QED) is 0.0568. The van der Waals surface area contributed by atoms with E-state index < -0.39 is 7.42 Å². The Balaban J connectivity index is 2.98. The van der Waals surface area contributed by atoms with Crippen LogP contribution in [0.5, 0.6) is 0 Å². The first-order chi connectivity index (χ1) is 13.8. The molecule has 0 amide bonds. The smallest absolute Gasteiger partial charge is 0.150 e. The second kappa shape index (κ2) is 26.1. The number of unbranched alkanes of at least 4 members (excludes halogenated alkanes) is 21. The molecule has 0 aliphatic carbocycles. The molecule has 0 aliphatic rings. The summed E-state index contributed by atoms with van der Waals surface area (Å²) in [5.74, 6) is 0.841. The Labute approximate surface area is 193 Å². The van der Waals surface area contributed by atoms with Crippen molar-refractivity contribution in [2.24, 2.45) is 0 Å². The molecule has 0 aromatic heterocycles. The Morgan fingerprint density at radius 3 is 0.750 bits per heavy atom. The fourth-order valence-electron chi connectivity index (χ4n) is 3.93. The molecular formula is C24H49Cl3Si. The van der Waals surface area contributed by atoms with Crippen molar-refractivity contribution < 1.29 is 0 Å². The molecule has 0 unspecified atom stereocenters. The lowest BCUT2D eigenvalue weighted by Crippen LogP contribution is -1.91. The van der Waals surface area contributed by atoms with Crippen molar-refractivity contribution in [3.05, 3.63) is 0 Å². The van der Waals surface area contributed by atoms with E-state index in [1.807, 2.05) is 0 Å². The molecule has 0 N–H and O–H groups in total. The summed E-state index contributed by atoms with van der Waals surface area (Å²) in [6.07, 6.45) is 31.1. The molecule has 0 radical (unpaired) electrons. The Morgan fingerprint density at radius 1 is 0.321 bits per heavy atom. The van der Waals surface area contributed by atoms with E-state index in [-0.39, 0.29) is 0 Å². The summed E-state index contributed by atoms with van der Waals surface area (Å²) in [5, 5.41) is 0. The number of alkyl halides is 1. The minimum absolute atomic E-state index is 0.841. The monoisotopic (exact) mass is 470 g/mol. The summed E-state index contributed by atoms with van der Waals surface area (Å²) >= 11 is 17.5. The van der Waals surface area contributed by atoms with Crippen LogP contribution in [-0.2, 0) is 0 Å². The predicted molar refractivity (Wildman–Crippen MR) is 136 cm³/mol. The zero-order chi connectivity index (χ0) is 20.5. The summed E-state index contributed by atoms with van der Waals surface area (Å²) in [6, 6.07) is 1.10. The number of rotatable bonds is 24. The van der Waals surface area contributed by atoms with Gasteiger partial charge in [-0.1, -0.05) is 135 Å². The average Bonchev–Trinajstić information content (AvgIpc) is 2.68. The molecule has 0 saturated carbocycles. The number of hydrogen-bond acceptors (Lipinski definition) is 0. The third-order valence-corrected chi connectivity index (χ3v) is 8.23. The minimum Gasteiger partial charge on any atom is -0.150 e. The minimum atomic E-state index is -1.33. The molecule has 0 aromatic carbocycles. The Kier molecular flexibility index (Phi) is 27.1. The third kappa shape index (κ3) is 27.1. The van der Waals surface area contributed by atoms with Gasteiger partial charge in [0.05, 0.1) is 0 Å². The molecule has 0 nitrogen and oxygen atoms in total. The highest BCUT2D eigenvalue weighted by Gasteiger charge is 2.00. The van der Waals surface area contributed by atoms with Crippen molar-refractivity contribution >= 4 is 41.2 Å². The van der Waals surface area contributed by atoms with Gasteiger partial charge >= 0.3 is 0 Å². The summed E-state index contributed by atoms with van der Waals surface area (Å²) in [7, 11) is -1.33. The van der Waals surface area contributed by atoms with Crippen LogP contribution in [0, 0.1) is 0 Å². The van der Waals surface area contributed by atoms with Gasteiger partial charge in [-0.3, -0.25) is 0 Å². The van der Waals surface area contributed by atoms with E-state index in [1.54, 1.807) is 0 Å². The molecule has 0 rings (SSSR count). The fourth-order valence-corrected chi connectivity index (χ4v) is 5.64. The van der Waals surface area contributed by atoms with Gasteiger partial charge in [-0.15, -0.1) is 11.6 Å². The maximum atomic E-state index is 5.88. The summed E-state index contributed by atoms with van der Waals surface area (Å²) in [4.78, 5) is 0. The standard InChI is InChI=1S/C24H49Cl3Si/c25-23-21-19-17-15-13-11-9-7-5-3-1-2-4-6-8-10-12-14-16-18-20-22-24-28(26)27/h28H,1-24H2. The van der Waals surface area contributed by atoms with Gasteiger partial charge in [0.2, 0.25) is 7.42 Å². The van der Waals surface area contributed by atoms with Gasteiger partial charge in [-0.2, -0.15) is 22.2 Å². The first-order valence-corrected chi connectivity index (χ1v) is 17.5. The second-order valence-electron chi connectivity index (χ2n) is 8.65. The largest absolute Gasteiger partial charge is 0.237 e. The lowest BCUT2D eigenvalue weighted by molar-refractivity contribution is 0.520. The van der Waals surface area contributed by atoms with Crippen LogP contribution in [0.25, 0.3) is 0 Å². The molecule has 28 heavy (non-hydrogen) atoms. The first kappa shape index (κ1) is 29.1. The van der Waals surface area contributed by atoms with Crippen LogP contribution in [0.15, 0.2) is 0 Å². The molecule has 0 fully saturated rings. The number of hydrogen-bond donors (Lipinski definition) is 0. The fraction of sp³-hybridized carbons (Fsp3) is 1.00. The molecule has 0 saturated heterocycles. The molecule has 0 atom stereocenters.